The molecular weight excluding hydrogens is 231 g/mol. The molecule has 3 rings (SSSR count). The van der Waals surface area contributed by atoms with Crippen molar-refractivity contribution in [3.05, 3.63) is 59.9 Å². The first-order valence-electron chi connectivity index (χ1n) is 6.68. The van der Waals surface area contributed by atoms with Gasteiger partial charge in [0.25, 0.3) is 5.82 Å². The molecule has 0 unspecified atom stereocenters. The van der Waals surface area contributed by atoms with Gasteiger partial charge in [0.1, 0.15) is 0 Å². The Hall–Kier alpha value is -2.03. The van der Waals surface area contributed by atoms with E-state index in [2.05, 4.69) is 85.0 Å². The Morgan fingerprint density at radius 3 is 2.79 bits per heavy atom. The van der Waals surface area contributed by atoms with Crippen molar-refractivity contribution < 1.29 is 4.57 Å². The van der Waals surface area contributed by atoms with Crippen LogP contribution in [0.25, 0.3) is 6.08 Å². The number of fused-ring (bicyclic) bond motifs is 1. The highest BCUT2D eigenvalue weighted by Crippen LogP contribution is 2.18. The molecule has 0 N–H and O–H groups in total. The molecule has 0 saturated heterocycles. The van der Waals surface area contributed by atoms with Crippen molar-refractivity contribution in [2.45, 2.75) is 13.7 Å². The molecule has 94 valence electrons. The number of aryl methyl sites for hydroxylation is 2. The average molecular weight is 249 g/mol. The van der Waals surface area contributed by atoms with Gasteiger partial charge >= 0.3 is 6.85 Å². The lowest BCUT2D eigenvalue weighted by molar-refractivity contribution is -0.658. The third-order valence-electron chi connectivity index (χ3n) is 3.82. The molecule has 0 fully saturated rings. The molecule has 1 aliphatic heterocycles. The van der Waals surface area contributed by atoms with E-state index < -0.39 is 0 Å². The van der Waals surface area contributed by atoms with Gasteiger partial charge < -0.3 is 0 Å². The maximum atomic E-state index is 2.33. The first kappa shape index (κ1) is 12.0. The molecule has 2 aromatic rings. The van der Waals surface area contributed by atoms with E-state index in [0.717, 1.165) is 0 Å². The summed E-state index contributed by atoms with van der Waals surface area (Å²) in [6.07, 6.45) is 6.49. The summed E-state index contributed by atoms with van der Waals surface area (Å²) >= 11 is 0. The zero-order chi connectivity index (χ0) is 13.4. The molecule has 2 nitrogen and oxygen atoms in total. The molecule has 0 bridgehead atoms. The van der Waals surface area contributed by atoms with Crippen LogP contribution in [0.5, 0.6) is 0 Å². The quantitative estimate of drug-likeness (QED) is 0.554. The fraction of sp³-hybridized carbons (Fsp3) is 0.188. The van der Waals surface area contributed by atoms with Crippen molar-refractivity contribution in [2.24, 2.45) is 7.05 Å². The Morgan fingerprint density at radius 2 is 1.95 bits per heavy atom. The second-order valence-electron chi connectivity index (χ2n) is 5.20. The number of aromatic nitrogens is 1. The van der Waals surface area contributed by atoms with Gasteiger partial charge in [-0.25, -0.2) is 4.57 Å². The van der Waals surface area contributed by atoms with Crippen molar-refractivity contribution in [2.75, 3.05) is 4.81 Å². The van der Waals surface area contributed by atoms with Gasteiger partial charge in [-0.3, -0.25) is 4.81 Å². The molecular formula is C16H18BN2+. The maximum absolute atomic E-state index is 2.33. The minimum atomic E-state index is 0.356. The monoisotopic (exact) mass is 249 g/mol. The van der Waals surface area contributed by atoms with E-state index in [4.69, 9.17) is 0 Å². The van der Waals surface area contributed by atoms with Crippen LogP contribution in [0.1, 0.15) is 11.1 Å². The second kappa shape index (κ2) is 4.58. The Balaban J connectivity index is 2.07. The molecule has 3 heteroatoms. The Kier molecular flexibility index (Phi) is 2.90. The topological polar surface area (TPSA) is 7.12 Å². The largest absolute Gasteiger partial charge is 0.409 e. The highest BCUT2D eigenvalue weighted by molar-refractivity contribution is 6.77. The lowest BCUT2D eigenvalue weighted by atomic mass is 9.54. The van der Waals surface area contributed by atoms with E-state index in [0.29, 0.717) is 6.85 Å². The van der Waals surface area contributed by atoms with Crippen LogP contribution in [-0.4, -0.2) is 6.85 Å². The molecule has 0 aliphatic carbocycles. The van der Waals surface area contributed by atoms with E-state index in [9.17, 15) is 0 Å². The lowest BCUT2D eigenvalue weighted by Gasteiger charge is -2.24. The van der Waals surface area contributed by atoms with Gasteiger partial charge in [0, 0.05) is 6.07 Å². The molecule has 1 aromatic heterocycles. The Labute approximate surface area is 115 Å². The zero-order valence-corrected chi connectivity index (χ0v) is 11.7. The summed E-state index contributed by atoms with van der Waals surface area (Å²) in [7, 11) is 2.09. The van der Waals surface area contributed by atoms with E-state index in [-0.39, 0.29) is 0 Å². The third-order valence-corrected chi connectivity index (χ3v) is 3.82. The number of pyridine rings is 1. The highest BCUT2D eigenvalue weighted by Gasteiger charge is 2.32. The maximum Gasteiger partial charge on any atom is 0.409 e. The van der Waals surface area contributed by atoms with E-state index >= 15 is 0 Å². The lowest BCUT2D eigenvalue weighted by Crippen LogP contribution is -2.51. The summed E-state index contributed by atoms with van der Waals surface area (Å²) in [4.78, 5) is 2.33. The highest BCUT2D eigenvalue weighted by atomic mass is 15.2. The van der Waals surface area contributed by atoms with Crippen LogP contribution in [-0.2, 0) is 7.05 Å². The normalized spacial score (nSPS) is 13.6. The summed E-state index contributed by atoms with van der Waals surface area (Å²) in [6, 6.07) is 13.0. The van der Waals surface area contributed by atoms with Crippen molar-refractivity contribution in [3.63, 3.8) is 0 Å². The Morgan fingerprint density at radius 1 is 1.16 bits per heavy atom. The van der Waals surface area contributed by atoms with E-state index in [1.807, 2.05) is 0 Å². The number of hydrogen-bond acceptors (Lipinski definition) is 1. The summed E-state index contributed by atoms with van der Waals surface area (Å²) in [5.41, 5.74) is 3.99. The van der Waals surface area contributed by atoms with Gasteiger partial charge in [-0.2, -0.15) is 0 Å². The number of nitrogens with zero attached hydrogens (tertiary/aromatic N) is 2. The minimum absolute atomic E-state index is 0.356. The van der Waals surface area contributed by atoms with E-state index in [1.54, 1.807) is 0 Å². The average Bonchev–Trinajstić information content (AvgIpc) is 2.43. The number of rotatable bonds is 1. The van der Waals surface area contributed by atoms with Crippen molar-refractivity contribution >= 4 is 24.2 Å². The SMILES string of the molecule is CB1c2ccccc2C=CN1c1cc(C)cc[n+]1C. The summed E-state index contributed by atoms with van der Waals surface area (Å²) < 4.78 is 2.17. The summed E-state index contributed by atoms with van der Waals surface area (Å²) in [5.74, 6) is 1.22. The molecule has 19 heavy (non-hydrogen) atoms. The minimum Gasteiger partial charge on any atom is -0.293 e. The third kappa shape index (κ3) is 2.05. The molecule has 0 radical (unpaired) electrons. The van der Waals surface area contributed by atoms with Crippen LogP contribution < -0.4 is 14.8 Å². The number of anilines is 1. The zero-order valence-electron chi connectivity index (χ0n) is 11.7. The van der Waals surface area contributed by atoms with E-state index in [1.165, 1.54) is 22.4 Å². The number of benzene rings is 1. The first-order valence-corrected chi connectivity index (χ1v) is 6.68. The molecule has 2 heterocycles. The van der Waals surface area contributed by atoms with Crippen LogP contribution >= 0.6 is 0 Å². The fourth-order valence-electron chi connectivity index (χ4n) is 2.67. The molecule has 1 aliphatic rings. The fourth-order valence-corrected chi connectivity index (χ4v) is 2.67. The smallest absolute Gasteiger partial charge is 0.293 e. The van der Waals surface area contributed by atoms with Crippen molar-refractivity contribution in [1.29, 1.82) is 0 Å². The standard InChI is InChI=1S/C16H18BN2/c1-13-8-10-18(3)16(12-13)19-11-9-14-6-4-5-7-15(14)17(19)2/h4-12H,1-3H3/q+1. The molecule has 0 amide bonds. The van der Waals surface area contributed by atoms with Gasteiger partial charge in [0.2, 0.25) is 0 Å². The first-order chi connectivity index (χ1) is 9.16. The van der Waals surface area contributed by atoms with Crippen LogP contribution in [0.3, 0.4) is 0 Å². The van der Waals surface area contributed by atoms with Crippen LogP contribution in [0.2, 0.25) is 6.82 Å². The summed E-state index contributed by atoms with van der Waals surface area (Å²) in [6.45, 7) is 4.75. The van der Waals surface area contributed by atoms with Crippen LogP contribution in [0.4, 0.5) is 5.82 Å². The molecule has 1 aromatic carbocycles. The Bertz CT molecular complexity index is 649. The second-order valence-corrected chi connectivity index (χ2v) is 5.20. The van der Waals surface area contributed by atoms with Crippen LogP contribution in [0.15, 0.2) is 48.8 Å². The molecule has 0 atom stereocenters. The van der Waals surface area contributed by atoms with Gasteiger partial charge in [-0.15, -0.1) is 0 Å². The predicted octanol–water partition coefficient (Wildman–Crippen LogP) is 2.14. The van der Waals surface area contributed by atoms with Gasteiger partial charge in [0.05, 0.1) is 19.4 Å². The summed E-state index contributed by atoms with van der Waals surface area (Å²) in [5, 5.41) is 0. The van der Waals surface area contributed by atoms with Crippen LogP contribution in [0, 0.1) is 6.92 Å². The predicted molar refractivity (Wildman–Crippen MR) is 81.6 cm³/mol. The molecule has 0 spiro atoms. The van der Waals surface area contributed by atoms with Crippen molar-refractivity contribution in [1.82, 2.24) is 0 Å². The van der Waals surface area contributed by atoms with Gasteiger partial charge in [-0.05, 0) is 42.5 Å². The number of hydrogen-bond donors (Lipinski definition) is 0. The molecule has 0 saturated carbocycles. The van der Waals surface area contributed by atoms with Crippen molar-refractivity contribution in [3.8, 4) is 0 Å². The van der Waals surface area contributed by atoms with Gasteiger partial charge in [-0.1, -0.05) is 24.3 Å². The van der Waals surface area contributed by atoms with Gasteiger partial charge in [0.15, 0.2) is 0 Å².